The molecule has 0 atom stereocenters. The van der Waals surface area contributed by atoms with Gasteiger partial charge >= 0.3 is 0 Å². The van der Waals surface area contributed by atoms with Gasteiger partial charge in [-0.2, -0.15) is 0 Å². The van der Waals surface area contributed by atoms with Crippen LogP contribution in [0.3, 0.4) is 0 Å². The van der Waals surface area contributed by atoms with Crippen LogP contribution < -0.4 is 0 Å². The molecule has 13 heavy (non-hydrogen) atoms. The van der Waals surface area contributed by atoms with Crippen LogP contribution in [0.2, 0.25) is 10.0 Å². The minimum Gasteiger partial charge on any atom is -0.399 e. The summed E-state index contributed by atoms with van der Waals surface area (Å²) in [6, 6.07) is 5.32. The van der Waals surface area contributed by atoms with E-state index >= 15 is 0 Å². The van der Waals surface area contributed by atoms with Crippen molar-refractivity contribution >= 4 is 28.9 Å². The molecule has 0 amide bonds. The first-order valence-corrected chi connectivity index (χ1v) is 4.44. The summed E-state index contributed by atoms with van der Waals surface area (Å²) in [4.78, 5) is 4.64. The number of hydrogen-bond acceptors (Lipinski definition) is 2. The van der Waals surface area contributed by atoms with Crippen LogP contribution in [0, 0.1) is 0 Å². The Labute approximate surface area is 87.1 Å². The van der Waals surface area contributed by atoms with Crippen molar-refractivity contribution in [2.45, 2.75) is 6.92 Å². The van der Waals surface area contributed by atoms with E-state index < -0.39 is 0 Å². The first-order valence-electron chi connectivity index (χ1n) is 3.68. The highest BCUT2D eigenvalue weighted by molar-refractivity contribution is 6.42. The highest BCUT2D eigenvalue weighted by Crippen LogP contribution is 2.22. The lowest BCUT2D eigenvalue weighted by Crippen LogP contribution is -1.94. The van der Waals surface area contributed by atoms with E-state index in [4.69, 9.17) is 23.2 Å². The fourth-order valence-electron chi connectivity index (χ4n) is 0.911. The highest BCUT2D eigenvalue weighted by Gasteiger charge is 2.01. The zero-order valence-electron chi connectivity index (χ0n) is 7.34. The van der Waals surface area contributed by atoms with Gasteiger partial charge in [0.15, 0.2) is 0 Å². The lowest BCUT2D eigenvalue weighted by atomic mass is 10.1. The molecule has 1 aromatic carbocycles. The number of oxime groups is 1. The monoisotopic (exact) mass is 217 g/mol. The third-order valence-electron chi connectivity index (χ3n) is 1.57. The van der Waals surface area contributed by atoms with Gasteiger partial charge in [0.1, 0.15) is 7.11 Å². The number of halogens is 2. The fourth-order valence-corrected chi connectivity index (χ4v) is 1.21. The van der Waals surface area contributed by atoms with Crippen molar-refractivity contribution in [3.8, 4) is 0 Å². The van der Waals surface area contributed by atoms with Crippen molar-refractivity contribution in [1.29, 1.82) is 0 Å². The average molecular weight is 218 g/mol. The van der Waals surface area contributed by atoms with Crippen molar-refractivity contribution in [2.24, 2.45) is 5.16 Å². The van der Waals surface area contributed by atoms with E-state index in [9.17, 15) is 0 Å². The molecule has 0 N–H and O–H groups in total. The van der Waals surface area contributed by atoms with Crippen molar-refractivity contribution in [3.63, 3.8) is 0 Å². The Balaban J connectivity index is 3.04. The van der Waals surface area contributed by atoms with Crippen LogP contribution in [0.4, 0.5) is 0 Å². The quantitative estimate of drug-likeness (QED) is 0.550. The van der Waals surface area contributed by atoms with E-state index in [1.54, 1.807) is 12.1 Å². The van der Waals surface area contributed by atoms with Gasteiger partial charge in [0.2, 0.25) is 0 Å². The van der Waals surface area contributed by atoms with Gasteiger partial charge in [-0.05, 0) is 19.1 Å². The van der Waals surface area contributed by atoms with Crippen LogP contribution in [0.25, 0.3) is 0 Å². The van der Waals surface area contributed by atoms with Gasteiger partial charge in [0.05, 0.1) is 15.8 Å². The van der Waals surface area contributed by atoms with Crippen molar-refractivity contribution in [1.82, 2.24) is 0 Å². The average Bonchev–Trinajstić information content (AvgIpc) is 2.10. The molecule has 0 heterocycles. The van der Waals surface area contributed by atoms with E-state index in [1.807, 2.05) is 13.0 Å². The van der Waals surface area contributed by atoms with Crippen molar-refractivity contribution in [2.75, 3.05) is 7.11 Å². The van der Waals surface area contributed by atoms with E-state index in [0.717, 1.165) is 11.3 Å². The predicted octanol–water partition coefficient (Wildman–Crippen LogP) is 3.36. The highest BCUT2D eigenvalue weighted by atomic mass is 35.5. The molecule has 1 aromatic rings. The maximum Gasteiger partial charge on any atom is 0.106 e. The largest absolute Gasteiger partial charge is 0.399 e. The van der Waals surface area contributed by atoms with E-state index in [-0.39, 0.29) is 0 Å². The summed E-state index contributed by atoms with van der Waals surface area (Å²) >= 11 is 11.6. The number of hydrogen-bond donors (Lipinski definition) is 0. The van der Waals surface area contributed by atoms with Crippen LogP contribution in [0.15, 0.2) is 23.4 Å². The summed E-state index contributed by atoms with van der Waals surface area (Å²) in [5, 5.41) is 4.84. The maximum atomic E-state index is 5.83. The van der Waals surface area contributed by atoms with E-state index in [0.29, 0.717) is 10.0 Å². The molecule has 0 bridgehead atoms. The lowest BCUT2D eigenvalue weighted by Gasteiger charge is -2.01. The number of benzene rings is 1. The van der Waals surface area contributed by atoms with Gasteiger partial charge < -0.3 is 4.84 Å². The number of nitrogens with zero attached hydrogens (tertiary/aromatic N) is 1. The summed E-state index contributed by atoms with van der Waals surface area (Å²) in [5.41, 5.74) is 1.66. The van der Waals surface area contributed by atoms with Crippen LogP contribution in [0.5, 0.6) is 0 Å². The molecule has 0 aliphatic rings. The normalized spacial score (nSPS) is 11.5. The second-order valence-electron chi connectivity index (χ2n) is 2.49. The molecule has 70 valence electrons. The van der Waals surface area contributed by atoms with E-state index in [2.05, 4.69) is 9.99 Å². The van der Waals surface area contributed by atoms with Gasteiger partial charge in [-0.3, -0.25) is 0 Å². The Morgan fingerprint density at radius 3 is 2.54 bits per heavy atom. The van der Waals surface area contributed by atoms with Crippen LogP contribution in [0.1, 0.15) is 12.5 Å². The zero-order chi connectivity index (χ0) is 9.84. The second kappa shape index (κ2) is 4.49. The minimum atomic E-state index is 0.518. The molecule has 2 nitrogen and oxygen atoms in total. The Bertz CT molecular complexity index is 336. The standard InChI is InChI=1S/C9H9Cl2NO/c1-6(12-13-2)7-3-4-8(10)9(11)5-7/h3-5H,1-2H3/b12-6+. The molecule has 0 fully saturated rings. The van der Waals surface area contributed by atoms with Crippen molar-refractivity contribution in [3.05, 3.63) is 33.8 Å². The smallest absolute Gasteiger partial charge is 0.106 e. The fraction of sp³-hybridized carbons (Fsp3) is 0.222. The molecule has 0 spiro atoms. The van der Waals surface area contributed by atoms with Crippen LogP contribution >= 0.6 is 23.2 Å². The topological polar surface area (TPSA) is 21.6 Å². The molecule has 0 saturated heterocycles. The van der Waals surface area contributed by atoms with Gasteiger partial charge in [-0.1, -0.05) is 34.4 Å². The van der Waals surface area contributed by atoms with Gasteiger partial charge in [0.25, 0.3) is 0 Å². The zero-order valence-corrected chi connectivity index (χ0v) is 8.86. The molecule has 1 rings (SSSR count). The molecule has 0 aliphatic carbocycles. The van der Waals surface area contributed by atoms with Gasteiger partial charge in [0, 0.05) is 5.56 Å². The number of rotatable bonds is 2. The first-order chi connectivity index (χ1) is 6.15. The lowest BCUT2D eigenvalue weighted by molar-refractivity contribution is 0.213. The maximum absolute atomic E-state index is 5.83. The van der Waals surface area contributed by atoms with Crippen LogP contribution in [-0.2, 0) is 4.84 Å². The SMILES string of the molecule is CO/N=C(\C)c1ccc(Cl)c(Cl)c1. The summed E-state index contributed by atoms with van der Waals surface area (Å²) in [6.07, 6.45) is 0. The minimum absolute atomic E-state index is 0.518. The summed E-state index contributed by atoms with van der Waals surface area (Å²) in [7, 11) is 1.50. The molecule has 0 saturated carbocycles. The molecular formula is C9H9Cl2NO. The molecule has 0 unspecified atom stereocenters. The van der Waals surface area contributed by atoms with Gasteiger partial charge in [-0.25, -0.2) is 0 Å². The molecule has 0 radical (unpaired) electrons. The second-order valence-corrected chi connectivity index (χ2v) is 3.30. The predicted molar refractivity (Wildman–Crippen MR) is 55.7 cm³/mol. The molecule has 4 heteroatoms. The Morgan fingerprint density at radius 1 is 1.31 bits per heavy atom. The van der Waals surface area contributed by atoms with Gasteiger partial charge in [-0.15, -0.1) is 0 Å². The van der Waals surface area contributed by atoms with E-state index in [1.165, 1.54) is 7.11 Å². The Hall–Kier alpha value is -0.730. The molecular weight excluding hydrogens is 209 g/mol. The van der Waals surface area contributed by atoms with Crippen LogP contribution in [-0.4, -0.2) is 12.8 Å². The molecule has 0 aromatic heterocycles. The first kappa shape index (κ1) is 10.4. The third-order valence-corrected chi connectivity index (χ3v) is 2.30. The van der Waals surface area contributed by atoms with Crippen molar-refractivity contribution < 1.29 is 4.84 Å². The Morgan fingerprint density at radius 2 is 2.00 bits per heavy atom. The summed E-state index contributed by atoms with van der Waals surface area (Å²) < 4.78 is 0. The molecule has 0 aliphatic heterocycles. The third kappa shape index (κ3) is 2.61. The summed E-state index contributed by atoms with van der Waals surface area (Å²) in [5.74, 6) is 0. The summed E-state index contributed by atoms with van der Waals surface area (Å²) in [6.45, 7) is 1.84. The Kier molecular flexibility index (Phi) is 3.58.